The van der Waals surface area contributed by atoms with Crippen molar-refractivity contribution in [1.82, 2.24) is 0 Å². The third-order valence-corrected chi connectivity index (χ3v) is 3.26. The zero-order valence-corrected chi connectivity index (χ0v) is 11.8. The van der Waals surface area contributed by atoms with Crippen LogP contribution < -0.4 is 10.5 Å². The Kier molecular flexibility index (Phi) is 4.77. The molecule has 0 saturated heterocycles. The van der Waals surface area contributed by atoms with E-state index in [2.05, 4.69) is 12.1 Å². The highest BCUT2D eigenvalue weighted by Gasteiger charge is 2.17. The molecule has 0 saturated carbocycles. The number of para-hydroxylation sites is 1. The van der Waals surface area contributed by atoms with Gasteiger partial charge in [0.15, 0.2) is 0 Å². The third-order valence-electron chi connectivity index (χ3n) is 3.26. The lowest BCUT2D eigenvalue weighted by molar-refractivity contribution is 0.175. The molecule has 20 heavy (non-hydrogen) atoms. The largest absolute Gasteiger partial charge is 0.493 e. The smallest absolute Gasteiger partial charge is 0.127 e. The van der Waals surface area contributed by atoms with Gasteiger partial charge in [-0.25, -0.2) is 0 Å². The van der Waals surface area contributed by atoms with Crippen molar-refractivity contribution in [3.8, 4) is 16.9 Å². The number of hydrogen-bond acceptors (Lipinski definition) is 3. The minimum Gasteiger partial charge on any atom is -0.493 e. The highest BCUT2D eigenvalue weighted by Crippen LogP contribution is 2.29. The summed E-state index contributed by atoms with van der Waals surface area (Å²) in [5, 5.41) is 9.14. The first kappa shape index (κ1) is 14.6. The van der Waals surface area contributed by atoms with Gasteiger partial charge in [0.05, 0.1) is 13.2 Å². The summed E-state index contributed by atoms with van der Waals surface area (Å²) in [6, 6.07) is 18.1. The van der Waals surface area contributed by atoms with Crippen LogP contribution >= 0.6 is 0 Å². The minimum absolute atomic E-state index is 0.0449. The van der Waals surface area contributed by atoms with Gasteiger partial charge in [0, 0.05) is 17.5 Å². The molecule has 0 amide bonds. The Morgan fingerprint density at radius 2 is 1.70 bits per heavy atom. The molecule has 106 valence electrons. The van der Waals surface area contributed by atoms with Crippen LogP contribution in [0.15, 0.2) is 54.6 Å². The first-order valence-electron chi connectivity index (χ1n) is 6.79. The zero-order chi connectivity index (χ0) is 14.4. The van der Waals surface area contributed by atoms with Crippen LogP contribution in [0.1, 0.15) is 13.3 Å². The Labute approximate surface area is 120 Å². The number of hydrogen-bond donors (Lipinski definition) is 2. The molecule has 0 aliphatic carbocycles. The maximum Gasteiger partial charge on any atom is 0.127 e. The molecule has 0 fully saturated rings. The Bertz CT molecular complexity index is 538. The van der Waals surface area contributed by atoms with Crippen molar-refractivity contribution in [3.05, 3.63) is 54.6 Å². The van der Waals surface area contributed by atoms with E-state index in [-0.39, 0.29) is 6.61 Å². The predicted molar refractivity (Wildman–Crippen MR) is 81.7 cm³/mol. The Balaban J connectivity index is 2.10. The van der Waals surface area contributed by atoms with Gasteiger partial charge in [-0.2, -0.15) is 0 Å². The van der Waals surface area contributed by atoms with Crippen molar-refractivity contribution in [2.45, 2.75) is 18.9 Å². The van der Waals surface area contributed by atoms with Crippen LogP contribution in [-0.2, 0) is 0 Å². The predicted octanol–water partition coefficient (Wildman–Crippen LogP) is 2.83. The number of aliphatic hydroxyl groups excluding tert-OH is 1. The second-order valence-corrected chi connectivity index (χ2v) is 5.27. The summed E-state index contributed by atoms with van der Waals surface area (Å²) < 4.78 is 5.84. The highest BCUT2D eigenvalue weighted by molar-refractivity contribution is 5.70. The van der Waals surface area contributed by atoms with E-state index in [1.165, 1.54) is 0 Å². The number of aliphatic hydroxyl groups is 1. The van der Waals surface area contributed by atoms with Gasteiger partial charge in [0.2, 0.25) is 0 Å². The van der Waals surface area contributed by atoms with Crippen molar-refractivity contribution >= 4 is 0 Å². The maximum absolute atomic E-state index is 9.14. The van der Waals surface area contributed by atoms with Crippen molar-refractivity contribution in [2.24, 2.45) is 5.73 Å². The Morgan fingerprint density at radius 1 is 1.05 bits per heavy atom. The fraction of sp³-hybridized carbons (Fsp3) is 0.294. The average molecular weight is 271 g/mol. The van der Waals surface area contributed by atoms with Gasteiger partial charge in [0.1, 0.15) is 5.75 Å². The first-order valence-corrected chi connectivity index (χ1v) is 6.79. The van der Waals surface area contributed by atoms with Crippen molar-refractivity contribution in [3.63, 3.8) is 0 Å². The van der Waals surface area contributed by atoms with Crippen LogP contribution in [0.3, 0.4) is 0 Å². The van der Waals surface area contributed by atoms with Crippen LogP contribution in [0.5, 0.6) is 5.75 Å². The molecule has 3 N–H and O–H groups in total. The van der Waals surface area contributed by atoms with Crippen molar-refractivity contribution in [2.75, 3.05) is 13.2 Å². The summed E-state index contributed by atoms with van der Waals surface area (Å²) in [7, 11) is 0. The van der Waals surface area contributed by atoms with Gasteiger partial charge >= 0.3 is 0 Å². The molecule has 3 nitrogen and oxygen atoms in total. The molecular formula is C17H21NO2. The van der Waals surface area contributed by atoms with E-state index in [0.717, 1.165) is 16.9 Å². The van der Waals surface area contributed by atoms with E-state index in [9.17, 15) is 0 Å². The summed E-state index contributed by atoms with van der Waals surface area (Å²) in [4.78, 5) is 0. The van der Waals surface area contributed by atoms with Gasteiger partial charge in [-0.15, -0.1) is 0 Å². The van der Waals surface area contributed by atoms with Crippen LogP contribution in [0.25, 0.3) is 11.1 Å². The van der Waals surface area contributed by atoms with Gasteiger partial charge in [-0.1, -0.05) is 48.5 Å². The first-order chi connectivity index (χ1) is 9.62. The highest BCUT2D eigenvalue weighted by atomic mass is 16.5. The standard InChI is InChI=1S/C17H21NO2/c1-17(18,13-19)11-12-20-16-10-6-5-9-15(16)14-7-3-2-4-8-14/h2-10,19H,11-13,18H2,1H3. The molecule has 1 unspecified atom stereocenters. The topological polar surface area (TPSA) is 55.5 Å². The van der Waals surface area contributed by atoms with Crippen molar-refractivity contribution < 1.29 is 9.84 Å². The Morgan fingerprint density at radius 3 is 2.40 bits per heavy atom. The average Bonchev–Trinajstić information content (AvgIpc) is 2.48. The zero-order valence-electron chi connectivity index (χ0n) is 11.8. The number of rotatable bonds is 6. The molecule has 1 atom stereocenters. The molecule has 0 bridgehead atoms. The van der Waals surface area contributed by atoms with Gasteiger partial charge in [0.25, 0.3) is 0 Å². The lowest BCUT2D eigenvalue weighted by Crippen LogP contribution is -2.41. The Hall–Kier alpha value is -1.84. The molecule has 2 rings (SSSR count). The number of ether oxygens (including phenoxy) is 1. The molecule has 0 aliphatic rings. The summed E-state index contributed by atoms with van der Waals surface area (Å²) in [5.74, 6) is 0.840. The van der Waals surface area contributed by atoms with Gasteiger partial charge in [-0.05, 0) is 18.6 Å². The lowest BCUT2D eigenvalue weighted by Gasteiger charge is -2.22. The van der Waals surface area contributed by atoms with Gasteiger partial charge < -0.3 is 15.6 Å². The van der Waals surface area contributed by atoms with E-state index in [1.807, 2.05) is 49.4 Å². The summed E-state index contributed by atoms with van der Waals surface area (Å²) in [6.07, 6.45) is 0.604. The molecule has 0 heterocycles. The molecule has 0 spiro atoms. The number of benzene rings is 2. The molecule has 2 aromatic rings. The quantitative estimate of drug-likeness (QED) is 0.849. The minimum atomic E-state index is -0.596. The van der Waals surface area contributed by atoms with E-state index in [4.69, 9.17) is 15.6 Å². The summed E-state index contributed by atoms with van der Waals surface area (Å²) in [6.45, 7) is 2.26. The second-order valence-electron chi connectivity index (χ2n) is 5.27. The maximum atomic E-state index is 9.14. The SMILES string of the molecule is CC(N)(CO)CCOc1ccccc1-c1ccccc1. The van der Waals surface area contributed by atoms with Crippen molar-refractivity contribution in [1.29, 1.82) is 0 Å². The van der Waals surface area contributed by atoms with E-state index >= 15 is 0 Å². The fourth-order valence-electron chi connectivity index (χ4n) is 1.92. The van der Waals surface area contributed by atoms with Crippen LogP contribution in [0, 0.1) is 0 Å². The third kappa shape index (κ3) is 3.83. The normalized spacial score (nSPS) is 13.8. The molecule has 2 aromatic carbocycles. The van der Waals surface area contributed by atoms with Crippen LogP contribution in [-0.4, -0.2) is 23.9 Å². The molecule has 0 radical (unpaired) electrons. The number of nitrogens with two attached hydrogens (primary N) is 1. The second kappa shape index (κ2) is 6.55. The molecular weight excluding hydrogens is 250 g/mol. The van der Waals surface area contributed by atoms with E-state index < -0.39 is 5.54 Å². The molecule has 0 aliphatic heterocycles. The summed E-state index contributed by atoms with van der Waals surface area (Å²) >= 11 is 0. The van der Waals surface area contributed by atoms with Crippen LogP contribution in [0.4, 0.5) is 0 Å². The fourth-order valence-corrected chi connectivity index (χ4v) is 1.92. The van der Waals surface area contributed by atoms with E-state index in [0.29, 0.717) is 13.0 Å². The molecule has 0 aromatic heterocycles. The van der Waals surface area contributed by atoms with Crippen LogP contribution in [0.2, 0.25) is 0 Å². The van der Waals surface area contributed by atoms with E-state index in [1.54, 1.807) is 0 Å². The summed E-state index contributed by atoms with van der Waals surface area (Å²) in [5.41, 5.74) is 7.50. The molecule has 3 heteroatoms. The lowest BCUT2D eigenvalue weighted by atomic mass is 10.0. The van der Waals surface area contributed by atoms with Gasteiger partial charge in [-0.3, -0.25) is 0 Å². The monoisotopic (exact) mass is 271 g/mol.